The highest BCUT2D eigenvalue weighted by Crippen LogP contribution is 2.49. The minimum atomic E-state index is -0.878. The van der Waals surface area contributed by atoms with Crippen molar-refractivity contribution in [3.05, 3.63) is 209 Å². The van der Waals surface area contributed by atoms with Gasteiger partial charge >= 0.3 is 17.9 Å². The summed E-state index contributed by atoms with van der Waals surface area (Å²) in [6, 6.07) is 41.7. The first-order valence-corrected chi connectivity index (χ1v) is 40.9. The molecule has 0 radical (unpaired) electrons. The standard InChI is InChI=1S/C25H30N2O2S.C22H23NO3S.C20H18BrNO3S.C20H19NO3S/c1-7-16-13-18-17(14-21(16)29-6)10-11-27-20(24(28)26(5)25(2,3)4)15-19(23(18)27)22-9-8-12-30-22;1-4-14-11-16-15(12-19(14)25-3)8-9-23-18(22(24)26-5-2)13-17(21(16)23)20-7-6-10-27-20;1-3-25-20(23)16-11-14(18-5-4-8-26-18)19-13-10-15(21)17(24-2)9-12(13)6-7-22(16)19;1-3-12-9-14-13(10-17(12)24-2)6-7-21-16(20(22)23)11-15(19(14)21)18-5-4-8-25-18/h8-9,12-15H,7,10-11H2,1-6H3;6-7,10-13H,4-5,8-9H2,1-3H3;4-5,8-11H,3,6-7H2,1-2H3;4-5,8-11H,3,6-7H2,1-2H3,(H,22,23). The molecular weight excluding hydrogens is 1500 g/mol. The highest BCUT2D eigenvalue weighted by atomic mass is 79.9. The van der Waals surface area contributed by atoms with Gasteiger partial charge in [-0.25, -0.2) is 14.4 Å². The van der Waals surface area contributed by atoms with Crippen molar-refractivity contribution in [2.75, 3.05) is 48.7 Å². The molecule has 0 spiro atoms. The van der Waals surface area contributed by atoms with E-state index in [-0.39, 0.29) is 23.4 Å². The summed E-state index contributed by atoms with van der Waals surface area (Å²) in [6.45, 7) is 20.0. The number of nitrogens with zero attached hydrogens (tertiary/aromatic N) is 5. The molecule has 12 aromatic rings. The van der Waals surface area contributed by atoms with Crippen LogP contribution in [0.15, 0.2) is 147 Å². The van der Waals surface area contributed by atoms with Crippen molar-refractivity contribution in [1.82, 2.24) is 23.2 Å². The molecule has 108 heavy (non-hydrogen) atoms. The molecule has 4 aliphatic heterocycles. The number of hydrogen-bond acceptors (Lipinski definition) is 14. The van der Waals surface area contributed by atoms with Crippen LogP contribution in [0.1, 0.15) is 136 Å². The molecule has 0 saturated heterocycles. The lowest BCUT2D eigenvalue weighted by molar-refractivity contribution is 0.0504. The normalized spacial score (nSPS) is 12.6. The summed E-state index contributed by atoms with van der Waals surface area (Å²) in [4.78, 5) is 56.7. The number of aryl methyl sites for hydroxylation is 7. The fourth-order valence-electron chi connectivity index (χ4n) is 15.1. The Morgan fingerprint density at radius 1 is 0.426 bits per heavy atom. The Morgan fingerprint density at radius 3 is 1.01 bits per heavy atom. The Kier molecular flexibility index (Phi) is 23.2. The number of ether oxygens (including phenoxy) is 6. The average molecular weight is 1590 g/mol. The molecule has 8 aromatic heterocycles. The summed E-state index contributed by atoms with van der Waals surface area (Å²) in [5.74, 6) is 2.31. The van der Waals surface area contributed by atoms with Crippen LogP contribution < -0.4 is 18.9 Å². The Bertz CT molecular complexity index is 5320. The Morgan fingerprint density at radius 2 is 0.722 bits per heavy atom. The molecule has 0 unspecified atom stereocenters. The van der Waals surface area contributed by atoms with E-state index in [1.165, 1.54) is 49.4 Å². The van der Waals surface area contributed by atoms with Gasteiger partial charge in [0.25, 0.3) is 5.91 Å². The number of thiophene rings is 4. The zero-order chi connectivity index (χ0) is 76.4. The summed E-state index contributed by atoms with van der Waals surface area (Å²) < 4.78 is 42.1. The number of esters is 2. The van der Waals surface area contributed by atoms with Crippen LogP contribution >= 0.6 is 61.3 Å². The first-order chi connectivity index (χ1) is 52.2. The van der Waals surface area contributed by atoms with E-state index in [4.69, 9.17) is 28.4 Å². The maximum atomic E-state index is 13.5. The van der Waals surface area contributed by atoms with Crippen LogP contribution in [0.25, 0.3) is 86.8 Å². The minimum Gasteiger partial charge on any atom is -0.496 e. The lowest BCUT2D eigenvalue weighted by Crippen LogP contribution is -2.43. The number of benzene rings is 4. The van der Waals surface area contributed by atoms with Crippen LogP contribution in [0.2, 0.25) is 0 Å². The average Bonchev–Trinajstić information content (AvgIpc) is 1.61. The number of rotatable bonds is 17. The van der Waals surface area contributed by atoms with Crippen LogP contribution in [0.4, 0.5) is 0 Å². The van der Waals surface area contributed by atoms with Gasteiger partial charge in [0, 0.05) is 103 Å². The van der Waals surface area contributed by atoms with Gasteiger partial charge < -0.3 is 56.7 Å². The van der Waals surface area contributed by atoms with E-state index < -0.39 is 5.97 Å². The van der Waals surface area contributed by atoms with Gasteiger partial charge in [-0.3, -0.25) is 4.79 Å². The molecule has 0 aliphatic carbocycles. The van der Waals surface area contributed by atoms with Crippen LogP contribution in [-0.4, -0.2) is 106 Å². The van der Waals surface area contributed by atoms with Crippen molar-refractivity contribution in [3.8, 4) is 110 Å². The van der Waals surface area contributed by atoms with E-state index in [1.807, 2.05) is 78.2 Å². The van der Waals surface area contributed by atoms with E-state index in [1.54, 1.807) is 73.8 Å². The lowest BCUT2D eigenvalue weighted by Gasteiger charge is -2.32. The number of halogens is 1. The van der Waals surface area contributed by atoms with Gasteiger partial charge in [-0.15, -0.1) is 45.3 Å². The monoisotopic (exact) mass is 1590 g/mol. The molecule has 0 saturated carbocycles. The topological polar surface area (TPSA) is 167 Å². The number of amides is 1. The van der Waals surface area contributed by atoms with E-state index in [9.17, 15) is 24.3 Å². The summed E-state index contributed by atoms with van der Waals surface area (Å²) >= 11 is 10.3. The van der Waals surface area contributed by atoms with Gasteiger partial charge in [-0.1, -0.05) is 45.0 Å². The number of methoxy groups -OCH3 is 4. The Hall–Kier alpha value is -9.64. The SMILES string of the molecule is CCOC(=O)c1cc(-c2cccs2)c2n1CCc1cc(OC)c(Br)cc1-2.CCOC(=O)c1cc(-c2cccs2)c2n1CCc1cc(OC)c(CC)cc1-2.CCc1cc2c(cc1OC)CCn1c(C(=O)N(C)C(C)(C)C)cc(-c3cccs3)c1-2.CCc1cc2c(cc1OC)CCn1c(C(=O)O)cc(-c3cccs3)c1-2. The fraction of sp³-hybridized carbons (Fsp3) is 0.310. The minimum absolute atomic E-state index is 0.0687. The fourth-order valence-corrected chi connectivity index (χ4v) is 18.6. The first kappa shape index (κ1) is 76.6. The molecule has 16 nitrogen and oxygen atoms in total. The van der Waals surface area contributed by atoms with Gasteiger partial charge in [0.15, 0.2) is 0 Å². The maximum Gasteiger partial charge on any atom is 0.354 e. The number of carboxylic acids is 1. The predicted molar refractivity (Wildman–Crippen MR) is 440 cm³/mol. The zero-order valence-electron chi connectivity index (χ0n) is 63.3. The molecule has 21 heteroatoms. The molecule has 1 N–H and O–H groups in total. The predicted octanol–water partition coefficient (Wildman–Crippen LogP) is 21.2. The number of fused-ring (bicyclic) bond motifs is 12. The summed E-state index contributed by atoms with van der Waals surface area (Å²) in [5, 5.41) is 17.9. The number of hydrogen-bond donors (Lipinski definition) is 1. The molecule has 16 rings (SSSR count). The van der Waals surface area contributed by atoms with Crippen LogP contribution in [0.5, 0.6) is 23.0 Å². The third-order valence-corrected chi connectivity index (χ3v) is 25.0. The molecule has 0 bridgehead atoms. The second kappa shape index (κ2) is 32.7. The van der Waals surface area contributed by atoms with Gasteiger partial charge in [0.1, 0.15) is 45.8 Å². The summed E-state index contributed by atoms with van der Waals surface area (Å²) in [7, 11) is 8.73. The van der Waals surface area contributed by atoms with Gasteiger partial charge in [0.2, 0.25) is 0 Å². The zero-order valence-corrected chi connectivity index (χ0v) is 68.2. The second-order valence-electron chi connectivity index (χ2n) is 27.6. The van der Waals surface area contributed by atoms with E-state index in [0.29, 0.717) is 36.8 Å². The number of carbonyl (C=O) groups excluding carboxylic acids is 3. The van der Waals surface area contributed by atoms with Crippen molar-refractivity contribution in [2.45, 2.75) is 132 Å². The lowest BCUT2D eigenvalue weighted by atomic mass is 9.92. The molecule has 0 atom stereocenters. The Labute approximate surface area is 655 Å². The van der Waals surface area contributed by atoms with Crippen molar-refractivity contribution < 1.29 is 52.7 Å². The summed E-state index contributed by atoms with van der Waals surface area (Å²) in [5.41, 5.74) is 24.0. The molecule has 560 valence electrons. The van der Waals surface area contributed by atoms with Crippen molar-refractivity contribution in [3.63, 3.8) is 0 Å². The van der Waals surface area contributed by atoms with Crippen molar-refractivity contribution in [1.29, 1.82) is 0 Å². The van der Waals surface area contributed by atoms with Crippen molar-refractivity contribution >= 4 is 85.1 Å². The van der Waals surface area contributed by atoms with Gasteiger partial charge in [-0.05, 0) is 253 Å². The molecule has 1 amide bonds. The van der Waals surface area contributed by atoms with Crippen molar-refractivity contribution in [2.24, 2.45) is 0 Å². The third-order valence-electron chi connectivity index (χ3n) is 20.7. The largest absolute Gasteiger partial charge is 0.496 e. The second-order valence-corrected chi connectivity index (χ2v) is 32.3. The number of carbonyl (C=O) groups is 4. The molecule has 4 aliphatic rings. The quantitative estimate of drug-likeness (QED) is 0.0862. The van der Waals surface area contributed by atoms with Crippen LogP contribution in [0.3, 0.4) is 0 Å². The Balaban J connectivity index is 0.000000127. The van der Waals surface area contributed by atoms with Crippen LogP contribution in [-0.2, 0) is 80.6 Å². The van der Waals surface area contributed by atoms with Crippen LogP contribution in [0, 0.1) is 0 Å². The highest BCUT2D eigenvalue weighted by Gasteiger charge is 2.35. The molecule has 4 aromatic carbocycles. The number of aromatic nitrogens is 4. The maximum absolute atomic E-state index is 13.5. The van der Waals surface area contributed by atoms with Gasteiger partial charge in [-0.2, -0.15) is 0 Å². The van der Waals surface area contributed by atoms with E-state index >= 15 is 0 Å². The third kappa shape index (κ3) is 14.7. The molecule has 12 heterocycles. The van der Waals surface area contributed by atoms with E-state index in [0.717, 1.165) is 174 Å². The smallest absolute Gasteiger partial charge is 0.354 e. The van der Waals surface area contributed by atoms with E-state index in [2.05, 4.69) is 166 Å². The first-order valence-electron chi connectivity index (χ1n) is 36.6. The number of carboxylic acid groups (broad SMARTS) is 1. The summed E-state index contributed by atoms with van der Waals surface area (Å²) in [6.07, 6.45) is 6.09. The van der Waals surface area contributed by atoms with Gasteiger partial charge in [0.05, 0.1) is 68.9 Å². The molecular formula is C87H90BrN5O11S4. The number of aromatic carboxylic acids is 1. The highest BCUT2D eigenvalue weighted by molar-refractivity contribution is 9.10. The molecule has 0 fully saturated rings.